The van der Waals surface area contributed by atoms with Crippen molar-refractivity contribution in [2.75, 3.05) is 12.3 Å². The maximum atomic E-state index is 13.5. The fraction of sp³-hybridized carbons (Fsp3) is 0.250. The number of rotatable bonds is 7. The van der Waals surface area contributed by atoms with Gasteiger partial charge in [0.15, 0.2) is 0 Å². The number of hydrogen-bond acceptors (Lipinski definition) is 3. The molecule has 118 valence electrons. The van der Waals surface area contributed by atoms with Crippen molar-refractivity contribution < 1.29 is 17.9 Å². The van der Waals surface area contributed by atoms with Gasteiger partial charge < -0.3 is 5.11 Å². The van der Waals surface area contributed by atoms with E-state index in [0.717, 1.165) is 5.56 Å². The lowest BCUT2D eigenvalue weighted by molar-refractivity contribution is 0.177. The number of benzene rings is 2. The van der Waals surface area contributed by atoms with Crippen LogP contribution in [0.5, 0.6) is 0 Å². The highest BCUT2D eigenvalue weighted by molar-refractivity contribution is 7.89. The molecular formula is C16H18FNO3S. The fourth-order valence-electron chi connectivity index (χ4n) is 2.03. The van der Waals surface area contributed by atoms with Gasteiger partial charge in [-0.3, -0.25) is 0 Å². The van der Waals surface area contributed by atoms with Crippen LogP contribution in [0, 0.1) is 5.82 Å². The fourth-order valence-corrected chi connectivity index (χ4v) is 3.09. The van der Waals surface area contributed by atoms with Crippen LogP contribution in [0.25, 0.3) is 0 Å². The third-order valence-corrected chi connectivity index (χ3v) is 4.61. The quantitative estimate of drug-likeness (QED) is 0.819. The van der Waals surface area contributed by atoms with Crippen LogP contribution in [0.2, 0.25) is 0 Å². The van der Waals surface area contributed by atoms with Crippen LogP contribution in [-0.4, -0.2) is 25.8 Å². The third-order valence-electron chi connectivity index (χ3n) is 3.26. The Balaban J connectivity index is 1.88. The van der Waals surface area contributed by atoms with Crippen molar-refractivity contribution in [3.05, 3.63) is 71.5 Å². The molecule has 2 aromatic carbocycles. The van der Waals surface area contributed by atoms with Crippen molar-refractivity contribution in [3.63, 3.8) is 0 Å². The second kappa shape index (κ2) is 7.49. The lowest BCUT2D eigenvalue weighted by Crippen LogP contribution is -2.31. The van der Waals surface area contributed by atoms with E-state index in [2.05, 4.69) is 4.72 Å². The first-order valence-corrected chi connectivity index (χ1v) is 8.57. The smallest absolute Gasteiger partial charge is 0.212 e. The van der Waals surface area contributed by atoms with E-state index in [1.54, 1.807) is 6.07 Å². The molecule has 0 heterocycles. The molecule has 0 fully saturated rings. The summed E-state index contributed by atoms with van der Waals surface area (Å²) < 4.78 is 39.6. The molecule has 0 saturated heterocycles. The van der Waals surface area contributed by atoms with E-state index in [1.165, 1.54) is 18.2 Å². The van der Waals surface area contributed by atoms with E-state index >= 15 is 0 Å². The molecular weight excluding hydrogens is 305 g/mol. The Morgan fingerprint density at radius 3 is 2.36 bits per heavy atom. The molecule has 0 saturated carbocycles. The van der Waals surface area contributed by atoms with Gasteiger partial charge in [-0.25, -0.2) is 17.5 Å². The van der Waals surface area contributed by atoms with E-state index in [9.17, 15) is 17.9 Å². The van der Waals surface area contributed by atoms with Crippen molar-refractivity contribution >= 4 is 10.0 Å². The molecule has 1 atom stereocenters. The number of hydrogen-bond donors (Lipinski definition) is 2. The molecule has 2 N–H and O–H groups in total. The Kier molecular flexibility index (Phi) is 5.65. The highest BCUT2D eigenvalue weighted by Gasteiger charge is 2.16. The summed E-state index contributed by atoms with van der Waals surface area (Å²) in [6.07, 6.45) is -0.834. The summed E-state index contributed by atoms with van der Waals surface area (Å²) in [5.74, 6) is -0.639. The second-order valence-electron chi connectivity index (χ2n) is 4.94. The zero-order valence-electron chi connectivity index (χ0n) is 11.9. The molecule has 0 spiro atoms. The Morgan fingerprint density at radius 2 is 1.68 bits per heavy atom. The number of nitrogens with one attached hydrogen (secondary N) is 1. The topological polar surface area (TPSA) is 66.4 Å². The summed E-state index contributed by atoms with van der Waals surface area (Å²) in [5, 5.41) is 9.88. The summed E-state index contributed by atoms with van der Waals surface area (Å²) in [4.78, 5) is 0. The minimum Gasteiger partial charge on any atom is -0.387 e. The zero-order chi connectivity index (χ0) is 16.0. The van der Waals surface area contributed by atoms with Crippen LogP contribution in [0.3, 0.4) is 0 Å². The highest BCUT2D eigenvalue weighted by atomic mass is 32.2. The van der Waals surface area contributed by atoms with Gasteiger partial charge in [0, 0.05) is 12.1 Å². The Morgan fingerprint density at radius 1 is 1.05 bits per heavy atom. The number of aliphatic hydroxyl groups excluding tert-OH is 1. The molecule has 0 aliphatic heterocycles. The van der Waals surface area contributed by atoms with E-state index < -0.39 is 21.9 Å². The highest BCUT2D eigenvalue weighted by Crippen LogP contribution is 2.15. The van der Waals surface area contributed by atoms with Gasteiger partial charge in [-0.15, -0.1) is 0 Å². The Bertz CT molecular complexity index is 704. The predicted octanol–water partition coefficient (Wildman–Crippen LogP) is 2.02. The van der Waals surface area contributed by atoms with Crippen LogP contribution in [0.4, 0.5) is 4.39 Å². The van der Waals surface area contributed by atoms with E-state index in [0.29, 0.717) is 6.42 Å². The first kappa shape index (κ1) is 16.6. The predicted molar refractivity (Wildman–Crippen MR) is 83.3 cm³/mol. The van der Waals surface area contributed by atoms with Gasteiger partial charge in [0.25, 0.3) is 0 Å². The zero-order valence-corrected chi connectivity index (χ0v) is 12.8. The van der Waals surface area contributed by atoms with E-state index in [1.807, 2.05) is 30.3 Å². The third kappa shape index (κ3) is 4.91. The molecule has 0 amide bonds. The maximum Gasteiger partial charge on any atom is 0.212 e. The molecule has 2 rings (SSSR count). The van der Waals surface area contributed by atoms with Crippen LogP contribution in [0.15, 0.2) is 54.6 Å². The van der Waals surface area contributed by atoms with Gasteiger partial charge in [-0.2, -0.15) is 0 Å². The molecule has 22 heavy (non-hydrogen) atoms. The number of aliphatic hydroxyl groups is 1. The Hall–Kier alpha value is -1.76. The SMILES string of the molecule is O=S(=O)(CCc1ccccc1)NCC(O)c1ccccc1F. The van der Waals surface area contributed by atoms with Gasteiger partial charge in [0.2, 0.25) is 10.0 Å². The average molecular weight is 323 g/mol. The summed E-state index contributed by atoms with van der Waals surface area (Å²) in [6.45, 7) is -0.252. The number of sulfonamides is 1. The van der Waals surface area contributed by atoms with Gasteiger partial charge >= 0.3 is 0 Å². The summed E-state index contributed by atoms with van der Waals surface area (Å²) >= 11 is 0. The minimum atomic E-state index is -3.53. The molecule has 6 heteroatoms. The van der Waals surface area contributed by atoms with Crippen LogP contribution < -0.4 is 4.72 Å². The second-order valence-corrected chi connectivity index (χ2v) is 6.87. The number of aryl methyl sites for hydroxylation is 1. The maximum absolute atomic E-state index is 13.5. The Labute approximate surface area is 129 Å². The van der Waals surface area contributed by atoms with Gasteiger partial charge in [0.05, 0.1) is 11.9 Å². The summed E-state index contributed by atoms with van der Waals surface area (Å²) in [5.41, 5.74) is 0.996. The van der Waals surface area contributed by atoms with Crippen molar-refractivity contribution in [1.29, 1.82) is 0 Å². The van der Waals surface area contributed by atoms with Crippen molar-refractivity contribution in [2.45, 2.75) is 12.5 Å². The van der Waals surface area contributed by atoms with Gasteiger partial charge in [-0.1, -0.05) is 48.5 Å². The molecule has 0 radical (unpaired) electrons. The van der Waals surface area contributed by atoms with Gasteiger partial charge in [0.1, 0.15) is 5.82 Å². The molecule has 0 aliphatic rings. The van der Waals surface area contributed by atoms with Crippen molar-refractivity contribution in [1.82, 2.24) is 4.72 Å². The van der Waals surface area contributed by atoms with Crippen LogP contribution >= 0.6 is 0 Å². The van der Waals surface area contributed by atoms with Gasteiger partial charge in [-0.05, 0) is 18.1 Å². The lowest BCUT2D eigenvalue weighted by Gasteiger charge is -2.13. The first-order valence-electron chi connectivity index (χ1n) is 6.92. The van der Waals surface area contributed by atoms with Crippen molar-refractivity contribution in [3.8, 4) is 0 Å². The first-order chi connectivity index (χ1) is 10.5. The molecule has 2 aromatic rings. The normalized spacial score (nSPS) is 13.0. The molecule has 1 unspecified atom stereocenters. The summed E-state index contributed by atoms with van der Waals surface area (Å²) in [7, 11) is -3.53. The largest absolute Gasteiger partial charge is 0.387 e. The molecule has 0 bridgehead atoms. The van der Waals surface area contributed by atoms with Crippen molar-refractivity contribution in [2.24, 2.45) is 0 Å². The van der Waals surface area contributed by atoms with E-state index in [-0.39, 0.29) is 17.9 Å². The molecule has 0 aromatic heterocycles. The van der Waals surface area contributed by atoms with Crippen LogP contribution in [0.1, 0.15) is 17.2 Å². The molecule has 4 nitrogen and oxygen atoms in total. The lowest BCUT2D eigenvalue weighted by atomic mass is 10.1. The summed E-state index contributed by atoms with van der Waals surface area (Å²) in [6, 6.07) is 15.0. The minimum absolute atomic E-state index is 0.0771. The number of halogens is 1. The average Bonchev–Trinajstić information content (AvgIpc) is 2.52. The monoisotopic (exact) mass is 323 g/mol. The van der Waals surface area contributed by atoms with Crippen LogP contribution in [-0.2, 0) is 16.4 Å². The molecule has 0 aliphatic carbocycles. The standard InChI is InChI=1S/C16H18FNO3S/c17-15-9-5-4-8-14(15)16(19)12-18-22(20,21)11-10-13-6-2-1-3-7-13/h1-9,16,18-19H,10-12H2. The van der Waals surface area contributed by atoms with E-state index in [4.69, 9.17) is 0 Å².